The molecule has 0 aliphatic carbocycles. The average molecular weight is 415 g/mol. The number of carbonyl (C=O) groups excluding carboxylic acids is 2. The van der Waals surface area contributed by atoms with Gasteiger partial charge in [0.2, 0.25) is 0 Å². The highest BCUT2D eigenvalue weighted by Gasteiger charge is 2.21. The minimum Gasteiger partial charge on any atom is -0.348 e. The van der Waals surface area contributed by atoms with Gasteiger partial charge in [0.15, 0.2) is 0 Å². The predicted octanol–water partition coefficient (Wildman–Crippen LogP) is 3.61. The minimum absolute atomic E-state index is 0.113. The van der Waals surface area contributed by atoms with E-state index in [1.807, 2.05) is 6.07 Å². The predicted molar refractivity (Wildman–Crippen MR) is 109 cm³/mol. The first-order valence-electron chi connectivity index (χ1n) is 8.87. The van der Waals surface area contributed by atoms with Crippen LogP contribution in [-0.2, 0) is 6.54 Å². The van der Waals surface area contributed by atoms with Crippen LogP contribution in [0.4, 0.5) is 4.39 Å². The van der Waals surface area contributed by atoms with E-state index >= 15 is 0 Å². The van der Waals surface area contributed by atoms with E-state index in [0.717, 1.165) is 5.56 Å². The van der Waals surface area contributed by atoms with E-state index in [0.29, 0.717) is 16.9 Å². The summed E-state index contributed by atoms with van der Waals surface area (Å²) in [5.41, 5.74) is 2.57. The first kappa shape index (κ1) is 20.5. The summed E-state index contributed by atoms with van der Waals surface area (Å²) in [7, 11) is 3.36. The Labute approximate surface area is 172 Å². The molecule has 0 saturated carbocycles. The smallest absolute Gasteiger partial charge is 0.256 e. The van der Waals surface area contributed by atoms with Gasteiger partial charge in [0, 0.05) is 26.2 Å². The van der Waals surface area contributed by atoms with Crippen LogP contribution in [0.1, 0.15) is 32.0 Å². The van der Waals surface area contributed by atoms with Gasteiger partial charge in [0.1, 0.15) is 11.0 Å². The number of aromatic nitrogens is 2. The summed E-state index contributed by atoms with van der Waals surface area (Å²) in [5, 5.41) is 7.24. The van der Waals surface area contributed by atoms with E-state index in [1.165, 1.54) is 33.8 Å². The molecule has 29 heavy (non-hydrogen) atoms. The lowest BCUT2D eigenvalue weighted by Gasteiger charge is -2.11. The highest BCUT2D eigenvalue weighted by atomic mass is 35.5. The van der Waals surface area contributed by atoms with E-state index in [4.69, 9.17) is 11.6 Å². The fourth-order valence-corrected chi connectivity index (χ4v) is 3.21. The Morgan fingerprint density at radius 1 is 1.17 bits per heavy atom. The number of rotatable bonds is 5. The molecule has 0 aliphatic heterocycles. The van der Waals surface area contributed by atoms with Crippen molar-refractivity contribution in [3.8, 4) is 5.69 Å². The van der Waals surface area contributed by atoms with Gasteiger partial charge < -0.3 is 10.2 Å². The maximum atomic E-state index is 13.1. The van der Waals surface area contributed by atoms with Crippen LogP contribution in [0.2, 0.25) is 5.15 Å². The summed E-state index contributed by atoms with van der Waals surface area (Å²) in [6.45, 7) is 1.90. The van der Waals surface area contributed by atoms with Gasteiger partial charge in [0.05, 0.1) is 16.9 Å². The number of nitrogens with one attached hydrogen (secondary N) is 1. The third kappa shape index (κ3) is 4.46. The Bertz CT molecular complexity index is 1060. The molecule has 0 radical (unpaired) electrons. The lowest BCUT2D eigenvalue weighted by atomic mass is 10.1. The number of hydrogen-bond donors (Lipinski definition) is 1. The third-order valence-corrected chi connectivity index (χ3v) is 4.68. The average Bonchev–Trinajstić information content (AvgIpc) is 3.00. The van der Waals surface area contributed by atoms with E-state index < -0.39 is 0 Å². The summed E-state index contributed by atoms with van der Waals surface area (Å²) in [5.74, 6) is -0.871. The number of halogens is 2. The lowest BCUT2D eigenvalue weighted by Crippen LogP contribution is -2.24. The van der Waals surface area contributed by atoms with Crippen molar-refractivity contribution in [3.05, 3.63) is 81.9 Å². The second-order valence-corrected chi connectivity index (χ2v) is 7.08. The molecule has 0 atom stereocenters. The van der Waals surface area contributed by atoms with Crippen molar-refractivity contribution in [2.75, 3.05) is 14.1 Å². The second-order valence-electron chi connectivity index (χ2n) is 6.72. The summed E-state index contributed by atoms with van der Waals surface area (Å²) in [6.07, 6.45) is 0. The molecular weight excluding hydrogens is 395 g/mol. The van der Waals surface area contributed by atoms with Crippen LogP contribution in [0.5, 0.6) is 0 Å². The molecule has 8 heteroatoms. The van der Waals surface area contributed by atoms with Gasteiger partial charge in [-0.15, -0.1) is 0 Å². The van der Waals surface area contributed by atoms with Crippen LogP contribution in [0.3, 0.4) is 0 Å². The highest BCUT2D eigenvalue weighted by molar-refractivity contribution is 6.33. The summed E-state index contributed by atoms with van der Waals surface area (Å²) >= 11 is 6.38. The van der Waals surface area contributed by atoms with Crippen LogP contribution in [0.25, 0.3) is 5.69 Å². The van der Waals surface area contributed by atoms with E-state index in [1.54, 1.807) is 39.2 Å². The summed E-state index contributed by atoms with van der Waals surface area (Å²) in [6, 6.07) is 12.7. The molecule has 3 rings (SSSR count). The molecule has 1 N–H and O–H groups in total. The van der Waals surface area contributed by atoms with Gasteiger partial charge in [-0.1, -0.05) is 23.7 Å². The van der Waals surface area contributed by atoms with Crippen LogP contribution >= 0.6 is 11.6 Å². The molecule has 0 saturated heterocycles. The molecule has 6 nitrogen and oxygen atoms in total. The third-order valence-electron chi connectivity index (χ3n) is 4.34. The fraction of sp³-hybridized carbons (Fsp3) is 0.190. The van der Waals surface area contributed by atoms with E-state index in [-0.39, 0.29) is 34.9 Å². The molecule has 0 unspecified atom stereocenters. The van der Waals surface area contributed by atoms with Crippen molar-refractivity contribution >= 4 is 23.4 Å². The standard InChI is InChI=1S/C21H20ClFN4O2/c1-13-18(19(22)27(25-13)17-9-7-16(23)8-10-17)20(28)24-12-14-5-4-6-15(11-14)21(29)26(2)3/h4-11H,12H2,1-3H3,(H,24,28). The number of carbonyl (C=O) groups is 2. The quantitative estimate of drug-likeness (QED) is 0.693. The normalized spacial score (nSPS) is 10.7. The molecule has 0 bridgehead atoms. The Balaban J connectivity index is 1.77. The fourth-order valence-electron chi connectivity index (χ4n) is 2.85. The molecule has 2 amide bonds. The van der Waals surface area contributed by atoms with Gasteiger partial charge >= 0.3 is 0 Å². The topological polar surface area (TPSA) is 67.2 Å². The molecule has 0 spiro atoms. The Kier molecular flexibility index (Phi) is 5.98. The summed E-state index contributed by atoms with van der Waals surface area (Å²) < 4.78 is 14.5. The first-order chi connectivity index (χ1) is 13.8. The first-order valence-corrected chi connectivity index (χ1v) is 9.25. The van der Waals surface area contributed by atoms with Gasteiger partial charge in [-0.25, -0.2) is 9.07 Å². The summed E-state index contributed by atoms with van der Waals surface area (Å²) in [4.78, 5) is 26.3. The molecule has 2 aromatic carbocycles. The van der Waals surface area contributed by atoms with Crippen LogP contribution in [-0.4, -0.2) is 40.6 Å². The lowest BCUT2D eigenvalue weighted by molar-refractivity contribution is 0.0827. The number of hydrogen-bond acceptors (Lipinski definition) is 3. The van der Waals surface area contributed by atoms with Gasteiger partial charge in [-0.2, -0.15) is 5.10 Å². The van der Waals surface area contributed by atoms with E-state index in [2.05, 4.69) is 10.4 Å². The molecule has 3 aromatic rings. The zero-order valence-electron chi connectivity index (χ0n) is 16.2. The highest BCUT2D eigenvalue weighted by Crippen LogP contribution is 2.23. The Morgan fingerprint density at radius 3 is 2.52 bits per heavy atom. The van der Waals surface area contributed by atoms with Gasteiger partial charge in [0.25, 0.3) is 11.8 Å². The molecule has 1 aromatic heterocycles. The maximum Gasteiger partial charge on any atom is 0.256 e. The maximum absolute atomic E-state index is 13.1. The van der Waals surface area contributed by atoms with Crippen molar-refractivity contribution in [2.45, 2.75) is 13.5 Å². The number of nitrogens with zero attached hydrogens (tertiary/aromatic N) is 3. The van der Waals surface area contributed by atoms with Crippen LogP contribution in [0.15, 0.2) is 48.5 Å². The van der Waals surface area contributed by atoms with Crippen molar-refractivity contribution in [2.24, 2.45) is 0 Å². The molecule has 150 valence electrons. The minimum atomic E-state index is -0.384. The van der Waals surface area contributed by atoms with Crippen molar-refractivity contribution in [1.29, 1.82) is 0 Å². The van der Waals surface area contributed by atoms with E-state index in [9.17, 15) is 14.0 Å². The van der Waals surface area contributed by atoms with Gasteiger partial charge in [-0.05, 0) is 48.9 Å². The molecule has 0 fully saturated rings. The molecular formula is C21H20ClFN4O2. The van der Waals surface area contributed by atoms with Crippen molar-refractivity contribution < 1.29 is 14.0 Å². The monoisotopic (exact) mass is 414 g/mol. The SMILES string of the molecule is Cc1nn(-c2ccc(F)cc2)c(Cl)c1C(=O)NCc1cccc(C(=O)N(C)C)c1. The van der Waals surface area contributed by atoms with Crippen molar-refractivity contribution in [3.63, 3.8) is 0 Å². The second kappa shape index (κ2) is 8.45. The number of benzene rings is 2. The Hall–Kier alpha value is -3.19. The molecule has 0 aliphatic rings. The molecule has 1 heterocycles. The van der Waals surface area contributed by atoms with Crippen molar-refractivity contribution in [1.82, 2.24) is 20.0 Å². The number of aryl methyl sites for hydroxylation is 1. The Morgan fingerprint density at radius 2 is 1.86 bits per heavy atom. The zero-order chi connectivity index (χ0) is 21.1. The van der Waals surface area contributed by atoms with Crippen LogP contribution in [0, 0.1) is 12.7 Å². The van der Waals surface area contributed by atoms with Gasteiger partial charge in [-0.3, -0.25) is 9.59 Å². The number of amides is 2. The largest absolute Gasteiger partial charge is 0.348 e. The zero-order valence-corrected chi connectivity index (χ0v) is 17.0. The van der Waals surface area contributed by atoms with Crippen LogP contribution < -0.4 is 5.32 Å².